The zero-order valence-corrected chi connectivity index (χ0v) is 16.7. The zero-order valence-electron chi connectivity index (χ0n) is 15.2. The number of aryl methyl sites for hydroxylation is 1. The van der Waals surface area contributed by atoms with Gasteiger partial charge < -0.3 is 19.9 Å². The summed E-state index contributed by atoms with van der Waals surface area (Å²) in [5.41, 5.74) is 3.24. The van der Waals surface area contributed by atoms with Crippen LogP contribution in [0.2, 0.25) is 5.02 Å². The molecule has 0 atom stereocenters. The molecule has 1 fully saturated rings. The van der Waals surface area contributed by atoms with Crippen molar-refractivity contribution in [1.82, 2.24) is 4.90 Å². The molecule has 1 aliphatic rings. The highest BCUT2D eigenvalue weighted by Crippen LogP contribution is 2.29. The molecule has 2 aromatic rings. The van der Waals surface area contributed by atoms with Gasteiger partial charge in [0, 0.05) is 36.9 Å². The van der Waals surface area contributed by atoms with Crippen molar-refractivity contribution in [3.63, 3.8) is 0 Å². The van der Waals surface area contributed by atoms with Crippen LogP contribution in [0.3, 0.4) is 0 Å². The first kappa shape index (κ1) is 18.8. The highest BCUT2D eigenvalue weighted by atomic mass is 35.5. The fourth-order valence-electron chi connectivity index (χ4n) is 3.07. The molecule has 26 heavy (non-hydrogen) atoms. The van der Waals surface area contributed by atoms with E-state index in [0.29, 0.717) is 11.6 Å². The first-order chi connectivity index (χ1) is 12.6. The lowest BCUT2D eigenvalue weighted by atomic mass is 10.2. The van der Waals surface area contributed by atoms with Crippen LogP contribution in [0, 0.1) is 6.92 Å². The van der Waals surface area contributed by atoms with Crippen molar-refractivity contribution < 1.29 is 4.74 Å². The standard InChI is InChI=1S/C20H24ClN3OS/c1-3-25-19-7-5-4-6-18(19)23-10-12-24(13-11-23)20(26)22-17-14-16(21)9-8-15(17)2/h4-9,14H,3,10-13H2,1-2H3,(H,22,26). The molecule has 0 amide bonds. The molecular formula is C20H24ClN3OS. The van der Waals surface area contributed by atoms with Crippen LogP contribution in [0.1, 0.15) is 12.5 Å². The van der Waals surface area contributed by atoms with Gasteiger partial charge in [-0.1, -0.05) is 29.8 Å². The molecule has 3 rings (SSSR count). The molecule has 1 saturated heterocycles. The number of para-hydroxylation sites is 2. The van der Waals surface area contributed by atoms with Crippen LogP contribution in [-0.4, -0.2) is 42.8 Å². The van der Waals surface area contributed by atoms with Crippen LogP contribution < -0.4 is 15.0 Å². The summed E-state index contributed by atoms with van der Waals surface area (Å²) in [6.45, 7) is 8.27. The maximum absolute atomic E-state index is 6.10. The minimum Gasteiger partial charge on any atom is -0.492 e. The summed E-state index contributed by atoms with van der Waals surface area (Å²) in [5.74, 6) is 0.943. The number of nitrogens with zero attached hydrogens (tertiary/aromatic N) is 2. The number of hydrogen-bond acceptors (Lipinski definition) is 3. The summed E-state index contributed by atoms with van der Waals surface area (Å²) in [4.78, 5) is 4.56. The average molecular weight is 390 g/mol. The Balaban J connectivity index is 1.61. The van der Waals surface area contributed by atoms with E-state index in [1.165, 1.54) is 0 Å². The van der Waals surface area contributed by atoms with Crippen molar-refractivity contribution in [3.8, 4) is 5.75 Å². The van der Waals surface area contributed by atoms with Gasteiger partial charge in [0.15, 0.2) is 5.11 Å². The van der Waals surface area contributed by atoms with Gasteiger partial charge in [-0.25, -0.2) is 0 Å². The van der Waals surface area contributed by atoms with Gasteiger partial charge in [-0.2, -0.15) is 0 Å². The largest absolute Gasteiger partial charge is 0.492 e. The third-order valence-electron chi connectivity index (χ3n) is 4.51. The number of halogens is 1. The van der Waals surface area contributed by atoms with E-state index in [4.69, 9.17) is 28.6 Å². The van der Waals surface area contributed by atoms with Crippen LogP contribution in [0.4, 0.5) is 11.4 Å². The molecule has 0 saturated carbocycles. The van der Waals surface area contributed by atoms with Crippen LogP contribution in [0.15, 0.2) is 42.5 Å². The first-order valence-electron chi connectivity index (χ1n) is 8.87. The monoisotopic (exact) mass is 389 g/mol. The Morgan fingerprint density at radius 2 is 1.88 bits per heavy atom. The predicted molar refractivity (Wildman–Crippen MR) is 114 cm³/mol. The second-order valence-corrected chi connectivity index (χ2v) is 7.09. The fourth-order valence-corrected chi connectivity index (χ4v) is 3.53. The van der Waals surface area contributed by atoms with Crippen molar-refractivity contribution in [1.29, 1.82) is 0 Å². The third-order valence-corrected chi connectivity index (χ3v) is 5.11. The van der Waals surface area contributed by atoms with Crippen LogP contribution in [0.5, 0.6) is 5.75 Å². The van der Waals surface area contributed by atoms with Gasteiger partial charge in [0.05, 0.1) is 12.3 Å². The maximum atomic E-state index is 6.10. The second kappa shape index (κ2) is 8.60. The Bertz CT molecular complexity index is 775. The fraction of sp³-hybridized carbons (Fsp3) is 0.350. The first-order valence-corrected chi connectivity index (χ1v) is 9.66. The number of nitrogens with one attached hydrogen (secondary N) is 1. The quantitative estimate of drug-likeness (QED) is 0.773. The Morgan fingerprint density at radius 3 is 2.62 bits per heavy atom. The molecule has 0 aliphatic carbocycles. The lowest BCUT2D eigenvalue weighted by Crippen LogP contribution is -2.50. The summed E-state index contributed by atoms with van der Waals surface area (Å²) in [6.07, 6.45) is 0. The molecule has 0 aromatic heterocycles. The smallest absolute Gasteiger partial charge is 0.173 e. The van der Waals surface area contributed by atoms with E-state index in [0.717, 1.165) is 54.0 Å². The number of ether oxygens (including phenoxy) is 1. The van der Waals surface area contributed by atoms with Crippen molar-refractivity contribution >= 4 is 40.3 Å². The molecule has 1 aliphatic heterocycles. The SMILES string of the molecule is CCOc1ccccc1N1CCN(C(=S)Nc2cc(Cl)ccc2C)CC1. The molecule has 0 spiro atoms. The van der Waals surface area contributed by atoms with E-state index >= 15 is 0 Å². The van der Waals surface area contributed by atoms with Crippen molar-refractivity contribution in [2.45, 2.75) is 13.8 Å². The van der Waals surface area contributed by atoms with E-state index in [-0.39, 0.29) is 0 Å². The maximum Gasteiger partial charge on any atom is 0.173 e. The van der Waals surface area contributed by atoms with Gasteiger partial charge >= 0.3 is 0 Å². The lowest BCUT2D eigenvalue weighted by Gasteiger charge is -2.38. The normalized spacial score (nSPS) is 14.3. The van der Waals surface area contributed by atoms with E-state index in [1.54, 1.807) is 0 Å². The van der Waals surface area contributed by atoms with E-state index in [1.807, 2.05) is 44.2 Å². The lowest BCUT2D eigenvalue weighted by molar-refractivity contribution is 0.336. The number of thiocarbonyl (C=S) groups is 1. The molecule has 4 nitrogen and oxygen atoms in total. The van der Waals surface area contributed by atoms with Gasteiger partial charge in [0.1, 0.15) is 5.75 Å². The van der Waals surface area contributed by atoms with E-state index in [9.17, 15) is 0 Å². The highest BCUT2D eigenvalue weighted by Gasteiger charge is 2.21. The third kappa shape index (κ3) is 4.40. The Labute approximate surface area is 165 Å². The second-order valence-electron chi connectivity index (χ2n) is 6.26. The number of hydrogen-bond donors (Lipinski definition) is 1. The highest BCUT2D eigenvalue weighted by molar-refractivity contribution is 7.80. The van der Waals surface area contributed by atoms with Crippen molar-refractivity contribution in [2.24, 2.45) is 0 Å². The summed E-state index contributed by atoms with van der Waals surface area (Å²) in [5, 5.41) is 4.79. The van der Waals surface area contributed by atoms with Gasteiger partial charge in [0.25, 0.3) is 0 Å². The summed E-state index contributed by atoms with van der Waals surface area (Å²) >= 11 is 11.7. The van der Waals surface area contributed by atoms with Crippen molar-refractivity contribution in [2.75, 3.05) is 43.0 Å². The minimum absolute atomic E-state index is 0.671. The molecular weight excluding hydrogens is 366 g/mol. The predicted octanol–water partition coefficient (Wildman–Crippen LogP) is 4.57. The molecule has 138 valence electrons. The Hall–Kier alpha value is -1.98. The van der Waals surface area contributed by atoms with E-state index < -0.39 is 0 Å². The summed E-state index contributed by atoms with van der Waals surface area (Å²) in [6, 6.07) is 14.0. The molecule has 6 heteroatoms. The van der Waals surface area contributed by atoms with Gasteiger partial charge in [-0.3, -0.25) is 0 Å². The average Bonchev–Trinajstić information content (AvgIpc) is 2.65. The Morgan fingerprint density at radius 1 is 1.15 bits per heavy atom. The number of rotatable bonds is 4. The van der Waals surface area contributed by atoms with Crippen molar-refractivity contribution in [3.05, 3.63) is 53.1 Å². The van der Waals surface area contributed by atoms with Gasteiger partial charge in [-0.05, 0) is 55.9 Å². The topological polar surface area (TPSA) is 27.7 Å². The van der Waals surface area contributed by atoms with Gasteiger partial charge in [-0.15, -0.1) is 0 Å². The molecule has 0 bridgehead atoms. The summed E-state index contributed by atoms with van der Waals surface area (Å²) < 4.78 is 5.76. The van der Waals surface area contributed by atoms with Crippen LogP contribution in [-0.2, 0) is 0 Å². The number of benzene rings is 2. The molecule has 1 N–H and O–H groups in total. The number of piperazine rings is 1. The molecule has 0 radical (unpaired) electrons. The van der Waals surface area contributed by atoms with Crippen LogP contribution >= 0.6 is 23.8 Å². The Kier molecular flexibility index (Phi) is 6.22. The van der Waals surface area contributed by atoms with Gasteiger partial charge in [0.2, 0.25) is 0 Å². The summed E-state index contributed by atoms with van der Waals surface area (Å²) in [7, 11) is 0. The van der Waals surface area contributed by atoms with E-state index in [2.05, 4.69) is 27.2 Å². The molecule has 2 aromatic carbocycles. The van der Waals surface area contributed by atoms with Crippen LogP contribution in [0.25, 0.3) is 0 Å². The zero-order chi connectivity index (χ0) is 18.5. The molecule has 1 heterocycles. The number of anilines is 2. The molecule has 0 unspecified atom stereocenters. The minimum atomic E-state index is 0.671.